The highest BCUT2D eigenvalue weighted by Crippen LogP contribution is 2.41. The van der Waals surface area contributed by atoms with Crippen LogP contribution in [0.2, 0.25) is 5.02 Å². The second-order valence-electron chi connectivity index (χ2n) is 4.26. The molecule has 0 radical (unpaired) electrons. The zero-order chi connectivity index (χ0) is 14.1. The molecule has 1 rings (SSSR count). The van der Waals surface area contributed by atoms with Gasteiger partial charge in [-0.15, -0.1) is 0 Å². The molecule has 0 aromatic heterocycles. The molecule has 0 aliphatic heterocycles. The Morgan fingerprint density at radius 1 is 1.33 bits per heavy atom. The SMILES string of the molecule is CC(C)C(C(=O)O)c1c(Cl)cccc1C(F)(F)F. The van der Waals surface area contributed by atoms with Gasteiger partial charge in [-0.25, -0.2) is 0 Å². The van der Waals surface area contributed by atoms with Gasteiger partial charge in [-0.3, -0.25) is 4.79 Å². The minimum absolute atomic E-state index is 0.175. The highest BCUT2D eigenvalue weighted by Gasteiger charge is 2.39. The van der Waals surface area contributed by atoms with Crippen LogP contribution in [0.4, 0.5) is 13.2 Å². The van der Waals surface area contributed by atoms with Crippen LogP contribution < -0.4 is 0 Å². The van der Waals surface area contributed by atoms with Gasteiger partial charge in [0.25, 0.3) is 0 Å². The lowest BCUT2D eigenvalue weighted by Crippen LogP contribution is -2.22. The molecule has 0 aliphatic carbocycles. The van der Waals surface area contributed by atoms with E-state index in [2.05, 4.69) is 0 Å². The van der Waals surface area contributed by atoms with Gasteiger partial charge in [0.05, 0.1) is 11.5 Å². The van der Waals surface area contributed by atoms with Gasteiger partial charge < -0.3 is 5.11 Å². The van der Waals surface area contributed by atoms with Gasteiger partial charge in [0.2, 0.25) is 0 Å². The summed E-state index contributed by atoms with van der Waals surface area (Å²) in [4.78, 5) is 11.1. The molecule has 0 bridgehead atoms. The van der Waals surface area contributed by atoms with E-state index in [-0.39, 0.29) is 10.6 Å². The number of rotatable bonds is 3. The Kier molecular flexibility index (Phi) is 4.27. The molecule has 0 saturated carbocycles. The van der Waals surface area contributed by atoms with E-state index in [4.69, 9.17) is 16.7 Å². The maximum atomic E-state index is 12.9. The molecule has 0 heterocycles. The first-order chi connectivity index (χ1) is 8.16. The van der Waals surface area contributed by atoms with E-state index in [1.807, 2.05) is 0 Å². The lowest BCUT2D eigenvalue weighted by molar-refractivity contribution is -0.142. The van der Waals surface area contributed by atoms with Crippen molar-refractivity contribution in [3.63, 3.8) is 0 Å². The Morgan fingerprint density at radius 3 is 2.28 bits per heavy atom. The average Bonchev–Trinajstić information content (AvgIpc) is 2.17. The molecule has 0 spiro atoms. The summed E-state index contributed by atoms with van der Waals surface area (Å²) >= 11 is 5.75. The van der Waals surface area contributed by atoms with Crippen molar-refractivity contribution in [3.8, 4) is 0 Å². The van der Waals surface area contributed by atoms with Crippen LogP contribution in [-0.2, 0) is 11.0 Å². The Bertz CT molecular complexity index is 455. The maximum absolute atomic E-state index is 12.9. The van der Waals surface area contributed by atoms with Crippen molar-refractivity contribution >= 4 is 17.6 Å². The van der Waals surface area contributed by atoms with Crippen LogP contribution in [0, 0.1) is 5.92 Å². The fraction of sp³-hybridized carbons (Fsp3) is 0.417. The first-order valence-corrected chi connectivity index (χ1v) is 5.62. The number of carboxylic acid groups (broad SMARTS) is 1. The van der Waals surface area contributed by atoms with E-state index in [0.717, 1.165) is 12.1 Å². The number of hydrogen-bond acceptors (Lipinski definition) is 1. The zero-order valence-electron chi connectivity index (χ0n) is 9.75. The van der Waals surface area contributed by atoms with Crippen molar-refractivity contribution in [1.82, 2.24) is 0 Å². The van der Waals surface area contributed by atoms with Crippen molar-refractivity contribution in [1.29, 1.82) is 0 Å². The van der Waals surface area contributed by atoms with Gasteiger partial charge in [-0.05, 0) is 23.6 Å². The molecule has 0 fully saturated rings. The van der Waals surface area contributed by atoms with Crippen molar-refractivity contribution in [3.05, 3.63) is 34.3 Å². The van der Waals surface area contributed by atoms with Gasteiger partial charge in [0, 0.05) is 5.02 Å². The van der Waals surface area contributed by atoms with Gasteiger partial charge in [-0.2, -0.15) is 13.2 Å². The summed E-state index contributed by atoms with van der Waals surface area (Å²) in [6, 6.07) is 3.28. The van der Waals surface area contributed by atoms with Gasteiger partial charge in [0.1, 0.15) is 0 Å². The monoisotopic (exact) mass is 280 g/mol. The van der Waals surface area contributed by atoms with Crippen LogP contribution in [0.1, 0.15) is 30.9 Å². The van der Waals surface area contributed by atoms with E-state index < -0.39 is 29.5 Å². The lowest BCUT2D eigenvalue weighted by Gasteiger charge is -2.22. The average molecular weight is 281 g/mol. The van der Waals surface area contributed by atoms with Gasteiger partial charge >= 0.3 is 12.1 Å². The molecule has 1 N–H and O–H groups in total. The Morgan fingerprint density at radius 2 is 1.89 bits per heavy atom. The summed E-state index contributed by atoms with van der Waals surface area (Å²) in [7, 11) is 0. The van der Waals surface area contributed by atoms with Crippen molar-refractivity contribution in [2.24, 2.45) is 5.92 Å². The van der Waals surface area contributed by atoms with Crippen molar-refractivity contribution in [2.45, 2.75) is 25.9 Å². The third-order valence-corrected chi connectivity index (χ3v) is 2.93. The summed E-state index contributed by atoms with van der Waals surface area (Å²) in [5.74, 6) is -3.09. The molecular formula is C12H12ClF3O2. The number of alkyl halides is 3. The number of carboxylic acids is 1. The van der Waals surface area contributed by atoms with Crippen molar-refractivity contribution < 1.29 is 23.1 Å². The predicted molar refractivity (Wildman–Crippen MR) is 61.7 cm³/mol. The van der Waals surface area contributed by atoms with E-state index >= 15 is 0 Å². The van der Waals surface area contributed by atoms with Crippen LogP contribution in [-0.4, -0.2) is 11.1 Å². The standard InChI is InChI=1S/C12H12ClF3O2/c1-6(2)9(11(17)18)10-7(12(14,15)16)4-3-5-8(10)13/h3-6,9H,1-2H3,(H,17,18). The van der Waals surface area contributed by atoms with Crippen LogP contribution in [0.3, 0.4) is 0 Å². The van der Waals surface area contributed by atoms with Crippen molar-refractivity contribution in [2.75, 3.05) is 0 Å². The van der Waals surface area contributed by atoms with Gasteiger partial charge in [0.15, 0.2) is 0 Å². The highest BCUT2D eigenvalue weighted by molar-refractivity contribution is 6.31. The van der Waals surface area contributed by atoms with Crippen LogP contribution >= 0.6 is 11.6 Å². The Labute approximate surface area is 107 Å². The second kappa shape index (κ2) is 5.18. The van der Waals surface area contributed by atoms with Crippen LogP contribution in [0.5, 0.6) is 0 Å². The van der Waals surface area contributed by atoms with Gasteiger partial charge in [-0.1, -0.05) is 31.5 Å². The minimum atomic E-state index is -4.62. The fourth-order valence-electron chi connectivity index (χ4n) is 1.84. The van der Waals surface area contributed by atoms with E-state index in [0.29, 0.717) is 0 Å². The third-order valence-electron chi connectivity index (χ3n) is 2.60. The van der Waals surface area contributed by atoms with Crippen LogP contribution in [0.15, 0.2) is 18.2 Å². The molecule has 2 nitrogen and oxygen atoms in total. The molecule has 18 heavy (non-hydrogen) atoms. The number of hydrogen-bond donors (Lipinski definition) is 1. The number of carbonyl (C=O) groups is 1. The van der Waals surface area contributed by atoms with Crippen LogP contribution in [0.25, 0.3) is 0 Å². The topological polar surface area (TPSA) is 37.3 Å². The zero-order valence-corrected chi connectivity index (χ0v) is 10.5. The summed E-state index contributed by atoms with van der Waals surface area (Å²) < 4.78 is 38.6. The normalized spacial score (nSPS) is 13.7. The molecule has 6 heteroatoms. The summed E-state index contributed by atoms with van der Waals surface area (Å²) in [5.41, 5.74) is -1.36. The summed E-state index contributed by atoms with van der Waals surface area (Å²) in [6.45, 7) is 3.09. The van der Waals surface area contributed by atoms with E-state index in [9.17, 15) is 18.0 Å². The first-order valence-electron chi connectivity index (χ1n) is 5.24. The number of halogens is 4. The maximum Gasteiger partial charge on any atom is 0.416 e. The lowest BCUT2D eigenvalue weighted by atomic mass is 9.85. The Hall–Kier alpha value is -1.23. The minimum Gasteiger partial charge on any atom is -0.481 e. The predicted octanol–water partition coefficient (Wildman–Crippen LogP) is 4.18. The molecule has 0 saturated heterocycles. The molecule has 0 aliphatic rings. The first kappa shape index (κ1) is 14.8. The molecule has 1 atom stereocenters. The smallest absolute Gasteiger partial charge is 0.416 e. The quantitative estimate of drug-likeness (QED) is 0.902. The second-order valence-corrected chi connectivity index (χ2v) is 4.67. The molecule has 0 amide bonds. The molecular weight excluding hydrogens is 269 g/mol. The number of benzene rings is 1. The number of aliphatic carboxylic acids is 1. The molecule has 1 aromatic carbocycles. The highest BCUT2D eigenvalue weighted by atomic mass is 35.5. The fourth-order valence-corrected chi connectivity index (χ4v) is 2.13. The van der Waals surface area contributed by atoms with E-state index in [1.165, 1.54) is 6.07 Å². The van der Waals surface area contributed by atoms with E-state index in [1.54, 1.807) is 13.8 Å². The Balaban J connectivity index is 3.51. The third kappa shape index (κ3) is 2.96. The molecule has 100 valence electrons. The largest absolute Gasteiger partial charge is 0.481 e. The molecule has 1 unspecified atom stereocenters. The summed E-state index contributed by atoms with van der Waals surface area (Å²) in [5, 5.41) is 8.91. The molecule has 1 aromatic rings. The summed E-state index contributed by atoms with van der Waals surface area (Å²) in [6.07, 6.45) is -4.62.